The fourth-order valence-electron chi connectivity index (χ4n) is 2.71. The molecular formula is C15H21NOS. The van der Waals surface area contributed by atoms with Crippen LogP contribution in [0.15, 0.2) is 23.1 Å². The molecular weight excluding hydrogens is 242 g/mol. The highest BCUT2D eigenvalue weighted by molar-refractivity contribution is 7.80. The summed E-state index contributed by atoms with van der Waals surface area (Å²) in [5.74, 6) is 0.814. The third-order valence-corrected chi connectivity index (χ3v) is 4.08. The lowest BCUT2D eigenvalue weighted by atomic mass is 10.1. The summed E-state index contributed by atoms with van der Waals surface area (Å²) in [7, 11) is 1.91. The van der Waals surface area contributed by atoms with Crippen molar-refractivity contribution in [3.63, 3.8) is 0 Å². The molecule has 1 amide bonds. The number of aryl methyl sites for hydroxylation is 1. The minimum absolute atomic E-state index is 0.121. The molecule has 1 fully saturated rings. The van der Waals surface area contributed by atoms with Gasteiger partial charge in [-0.05, 0) is 43.4 Å². The number of hydrogen-bond acceptors (Lipinski definition) is 2. The number of carbonyl (C=O) groups is 1. The van der Waals surface area contributed by atoms with Crippen LogP contribution in [0.25, 0.3) is 0 Å². The van der Waals surface area contributed by atoms with Crippen LogP contribution in [0.3, 0.4) is 0 Å². The quantitative estimate of drug-likeness (QED) is 0.827. The molecule has 0 N–H and O–H groups in total. The third-order valence-electron chi connectivity index (χ3n) is 3.81. The zero-order valence-corrected chi connectivity index (χ0v) is 12.0. The zero-order chi connectivity index (χ0) is 13.1. The predicted octanol–water partition coefficient (Wildman–Crippen LogP) is 3.55. The van der Waals surface area contributed by atoms with Crippen LogP contribution in [0.5, 0.6) is 0 Å². The molecule has 0 bridgehead atoms. The summed E-state index contributed by atoms with van der Waals surface area (Å²) in [5, 5.41) is 0. The van der Waals surface area contributed by atoms with Gasteiger partial charge in [0.2, 0.25) is 0 Å². The number of thiol groups is 1. The molecule has 2 nitrogen and oxygen atoms in total. The highest BCUT2D eigenvalue weighted by Gasteiger charge is 2.21. The number of nitrogens with zero attached hydrogens (tertiary/aromatic N) is 1. The summed E-state index contributed by atoms with van der Waals surface area (Å²) in [6.45, 7) is 2.86. The van der Waals surface area contributed by atoms with E-state index in [0.717, 1.165) is 22.6 Å². The Bertz CT molecular complexity index is 438. The second-order valence-corrected chi connectivity index (χ2v) is 5.85. The molecule has 98 valence electrons. The minimum Gasteiger partial charge on any atom is -0.341 e. The lowest BCUT2D eigenvalue weighted by Crippen LogP contribution is -2.31. The van der Waals surface area contributed by atoms with E-state index in [-0.39, 0.29) is 5.91 Å². The van der Waals surface area contributed by atoms with Gasteiger partial charge in [-0.25, -0.2) is 0 Å². The van der Waals surface area contributed by atoms with E-state index < -0.39 is 0 Å². The van der Waals surface area contributed by atoms with Crippen molar-refractivity contribution in [2.75, 3.05) is 13.6 Å². The van der Waals surface area contributed by atoms with Gasteiger partial charge in [0, 0.05) is 24.1 Å². The molecule has 2 rings (SSSR count). The van der Waals surface area contributed by atoms with Crippen LogP contribution in [-0.2, 0) is 0 Å². The Hall–Kier alpha value is -0.960. The van der Waals surface area contributed by atoms with E-state index in [0.29, 0.717) is 5.92 Å². The van der Waals surface area contributed by atoms with Crippen LogP contribution in [0.4, 0.5) is 0 Å². The van der Waals surface area contributed by atoms with Gasteiger partial charge >= 0.3 is 0 Å². The van der Waals surface area contributed by atoms with E-state index in [1.165, 1.54) is 25.7 Å². The molecule has 1 aliphatic rings. The first-order chi connectivity index (χ1) is 8.58. The summed E-state index contributed by atoms with van der Waals surface area (Å²) < 4.78 is 0. The first-order valence-electron chi connectivity index (χ1n) is 6.63. The Morgan fingerprint density at radius 2 is 2.06 bits per heavy atom. The van der Waals surface area contributed by atoms with Crippen molar-refractivity contribution in [3.8, 4) is 0 Å². The van der Waals surface area contributed by atoms with E-state index in [4.69, 9.17) is 0 Å². The number of hydrogen-bond donors (Lipinski definition) is 1. The van der Waals surface area contributed by atoms with Crippen molar-refractivity contribution in [2.45, 2.75) is 37.5 Å². The standard InChI is InChI=1S/C15H21NOS/c1-11-7-8-13(18)9-14(11)15(17)16(2)10-12-5-3-4-6-12/h7-9,12,18H,3-6,10H2,1-2H3. The van der Waals surface area contributed by atoms with Crippen LogP contribution in [-0.4, -0.2) is 24.4 Å². The second-order valence-electron chi connectivity index (χ2n) is 5.34. The molecule has 3 heteroatoms. The first kappa shape index (κ1) is 13.5. The maximum Gasteiger partial charge on any atom is 0.253 e. The second kappa shape index (κ2) is 5.79. The van der Waals surface area contributed by atoms with Crippen LogP contribution in [0.2, 0.25) is 0 Å². The Labute approximate surface area is 115 Å². The van der Waals surface area contributed by atoms with Crippen molar-refractivity contribution in [2.24, 2.45) is 5.92 Å². The molecule has 1 aliphatic carbocycles. The largest absolute Gasteiger partial charge is 0.341 e. The van der Waals surface area contributed by atoms with Crippen molar-refractivity contribution in [1.29, 1.82) is 0 Å². The maximum absolute atomic E-state index is 12.4. The number of amides is 1. The maximum atomic E-state index is 12.4. The minimum atomic E-state index is 0.121. The molecule has 1 aromatic rings. The third kappa shape index (κ3) is 3.08. The van der Waals surface area contributed by atoms with E-state index in [9.17, 15) is 4.79 Å². The van der Waals surface area contributed by atoms with Crippen LogP contribution in [0, 0.1) is 12.8 Å². The van der Waals surface area contributed by atoms with Crippen LogP contribution < -0.4 is 0 Å². The first-order valence-corrected chi connectivity index (χ1v) is 7.07. The van der Waals surface area contributed by atoms with E-state index in [1.807, 2.05) is 37.1 Å². The average molecular weight is 263 g/mol. The lowest BCUT2D eigenvalue weighted by molar-refractivity contribution is 0.0772. The van der Waals surface area contributed by atoms with Gasteiger partial charge in [-0.15, -0.1) is 12.6 Å². The average Bonchev–Trinajstić information content (AvgIpc) is 2.84. The molecule has 1 aromatic carbocycles. The Kier molecular flexibility index (Phi) is 4.33. The van der Waals surface area contributed by atoms with Crippen molar-refractivity contribution in [3.05, 3.63) is 29.3 Å². The zero-order valence-electron chi connectivity index (χ0n) is 11.1. The monoisotopic (exact) mass is 263 g/mol. The molecule has 0 saturated heterocycles. The highest BCUT2D eigenvalue weighted by Crippen LogP contribution is 2.26. The Balaban J connectivity index is 2.07. The molecule has 1 saturated carbocycles. The van der Waals surface area contributed by atoms with Gasteiger partial charge in [0.05, 0.1) is 0 Å². The molecule has 18 heavy (non-hydrogen) atoms. The van der Waals surface area contributed by atoms with Crippen molar-refractivity contribution >= 4 is 18.5 Å². The summed E-state index contributed by atoms with van der Waals surface area (Å²) >= 11 is 4.31. The van der Waals surface area contributed by atoms with Gasteiger partial charge in [0.25, 0.3) is 5.91 Å². The van der Waals surface area contributed by atoms with Crippen molar-refractivity contribution < 1.29 is 4.79 Å². The molecule has 0 spiro atoms. The topological polar surface area (TPSA) is 20.3 Å². The number of rotatable bonds is 3. The lowest BCUT2D eigenvalue weighted by Gasteiger charge is -2.22. The van der Waals surface area contributed by atoms with Gasteiger partial charge in [0.15, 0.2) is 0 Å². The molecule has 0 atom stereocenters. The molecule has 0 unspecified atom stereocenters. The van der Waals surface area contributed by atoms with Gasteiger partial charge in [-0.1, -0.05) is 18.9 Å². The molecule has 0 heterocycles. The van der Waals surface area contributed by atoms with Gasteiger partial charge in [0.1, 0.15) is 0 Å². The van der Waals surface area contributed by atoms with Crippen molar-refractivity contribution in [1.82, 2.24) is 4.90 Å². The molecule has 0 aliphatic heterocycles. The van der Waals surface area contributed by atoms with E-state index >= 15 is 0 Å². The SMILES string of the molecule is Cc1ccc(S)cc1C(=O)N(C)CC1CCCC1. The molecule has 0 aromatic heterocycles. The Morgan fingerprint density at radius 1 is 1.39 bits per heavy atom. The smallest absolute Gasteiger partial charge is 0.253 e. The number of benzene rings is 1. The Morgan fingerprint density at radius 3 is 2.72 bits per heavy atom. The normalized spacial score (nSPS) is 15.9. The van der Waals surface area contributed by atoms with Gasteiger partial charge in [-0.2, -0.15) is 0 Å². The van der Waals surface area contributed by atoms with Crippen LogP contribution >= 0.6 is 12.6 Å². The summed E-state index contributed by atoms with van der Waals surface area (Å²) in [4.78, 5) is 15.1. The summed E-state index contributed by atoms with van der Waals surface area (Å²) in [6.07, 6.45) is 5.17. The van der Waals surface area contributed by atoms with Gasteiger partial charge < -0.3 is 4.90 Å². The fourth-order valence-corrected chi connectivity index (χ4v) is 2.91. The van der Waals surface area contributed by atoms with Gasteiger partial charge in [-0.3, -0.25) is 4.79 Å². The van der Waals surface area contributed by atoms with E-state index in [1.54, 1.807) is 0 Å². The summed E-state index contributed by atoms with van der Waals surface area (Å²) in [5.41, 5.74) is 1.80. The van der Waals surface area contributed by atoms with Crippen LogP contribution in [0.1, 0.15) is 41.6 Å². The van der Waals surface area contributed by atoms with E-state index in [2.05, 4.69) is 12.6 Å². The fraction of sp³-hybridized carbons (Fsp3) is 0.533. The number of carbonyl (C=O) groups excluding carboxylic acids is 1. The summed E-state index contributed by atoms with van der Waals surface area (Å²) in [6, 6.07) is 5.75. The predicted molar refractivity (Wildman–Crippen MR) is 77.3 cm³/mol. The highest BCUT2D eigenvalue weighted by atomic mass is 32.1. The molecule has 0 radical (unpaired) electrons.